The lowest BCUT2D eigenvalue weighted by molar-refractivity contribution is -0.136. The van der Waals surface area contributed by atoms with Crippen LogP contribution in [-0.2, 0) is 17.8 Å². The lowest BCUT2D eigenvalue weighted by Crippen LogP contribution is -2.33. The number of carboxylic acid groups (broad SMARTS) is 1. The topological polar surface area (TPSA) is 95.9 Å². The summed E-state index contributed by atoms with van der Waals surface area (Å²) in [6.07, 6.45) is 6.40. The number of nitrogens with one attached hydrogen (secondary N) is 1. The summed E-state index contributed by atoms with van der Waals surface area (Å²) in [5, 5.41) is 11.5. The molecule has 44 heavy (non-hydrogen) atoms. The molecule has 0 heterocycles. The Balaban J connectivity index is 1.22. The van der Waals surface area contributed by atoms with E-state index in [1.54, 1.807) is 29.2 Å². The number of rotatable bonds is 9. The molecule has 7 nitrogen and oxygen atoms in total. The molecular weight excluding hydrogens is 552 g/mol. The normalized spacial score (nSPS) is 13.9. The fourth-order valence-corrected chi connectivity index (χ4v) is 6.32. The van der Waals surface area contributed by atoms with Gasteiger partial charge in [-0.05, 0) is 95.0 Å². The quantitative estimate of drug-likeness (QED) is 0.184. The van der Waals surface area contributed by atoms with Crippen molar-refractivity contribution in [2.75, 3.05) is 11.4 Å². The Labute approximate surface area is 257 Å². The summed E-state index contributed by atoms with van der Waals surface area (Å²) in [5.41, 5.74) is 8.21. The van der Waals surface area contributed by atoms with Gasteiger partial charge in [0.15, 0.2) is 0 Å². The highest BCUT2D eigenvalue weighted by Crippen LogP contribution is 2.37. The fourth-order valence-electron chi connectivity index (χ4n) is 6.32. The highest BCUT2D eigenvalue weighted by molar-refractivity contribution is 5.95. The zero-order chi connectivity index (χ0) is 30.5. The van der Waals surface area contributed by atoms with Crippen LogP contribution in [0.15, 0.2) is 91.0 Å². The van der Waals surface area contributed by atoms with E-state index < -0.39 is 12.1 Å². The minimum Gasteiger partial charge on any atom is -0.481 e. The first-order valence-corrected chi connectivity index (χ1v) is 15.3. The van der Waals surface area contributed by atoms with E-state index in [2.05, 4.69) is 53.8 Å². The molecule has 0 bridgehead atoms. The number of anilines is 1. The molecule has 2 N–H and O–H groups in total. The van der Waals surface area contributed by atoms with E-state index in [1.165, 1.54) is 59.9 Å². The van der Waals surface area contributed by atoms with Crippen molar-refractivity contribution in [3.05, 3.63) is 119 Å². The summed E-state index contributed by atoms with van der Waals surface area (Å²) in [5.74, 6) is -0.300. The van der Waals surface area contributed by atoms with Gasteiger partial charge in [0.25, 0.3) is 5.91 Å². The van der Waals surface area contributed by atoms with Crippen LogP contribution >= 0.6 is 0 Å². The molecule has 0 saturated heterocycles. The van der Waals surface area contributed by atoms with Crippen molar-refractivity contribution in [3.8, 4) is 16.9 Å². The van der Waals surface area contributed by atoms with Crippen LogP contribution in [-0.4, -0.2) is 29.6 Å². The molecule has 224 valence electrons. The summed E-state index contributed by atoms with van der Waals surface area (Å²) >= 11 is 0. The third-order valence-corrected chi connectivity index (χ3v) is 8.65. The van der Waals surface area contributed by atoms with E-state index in [0.717, 1.165) is 12.0 Å². The van der Waals surface area contributed by atoms with Crippen molar-refractivity contribution in [1.29, 1.82) is 0 Å². The molecule has 0 spiro atoms. The van der Waals surface area contributed by atoms with Crippen molar-refractivity contribution in [1.82, 2.24) is 5.32 Å². The first-order valence-electron chi connectivity index (χ1n) is 15.3. The van der Waals surface area contributed by atoms with Crippen molar-refractivity contribution in [2.24, 2.45) is 0 Å². The van der Waals surface area contributed by atoms with E-state index in [1.807, 2.05) is 18.2 Å². The number of ether oxygens (including phenoxy) is 1. The van der Waals surface area contributed by atoms with Crippen LogP contribution in [0.2, 0.25) is 0 Å². The van der Waals surface area contributed by atoms with Gasteiger partial charge in [-0.15, -0.1) is 0 Å². The minimum atomic E-state index is -0.978. The van der Waals surface area contributed by atoms with Crippen molar-refractivity contribution >= 4 is 23.7 Å². The maximum absolute atomic E-state index is 13.7. The summed E-state index contributed by atoms with van der Waals surface area (Å²) in [7, 11) is 0. The molecule has 0 radical (unpaired) electrons. The largest absolute Gasteiger partial charge is 0.481 e. The zero-order valence-electron chi connectivity index (χ0n) is 24.6. The van der Waals surface area contributed by atoms with Crippen LogP contribution in [0.1, 0.15) is 77.1 Å². The second-order valence-electron chi connectivity index (χ2n) is 11.6. The Morgan fingerprint density at radius 1 is 0.818 bits per heavy atom. The molecule has 7 heteroatoms. The number of carbonyl (C=O) groups excluding carboxylic acids is 2. The lowest BCUT2D eigenvalue weighted by atomic mass is 9.84. The van der Waals surface area contributed by atoms with Crippen molar-refractivity contribution in [2.45, 2.75) is 57.4 Å². The third-order valence-electron chi connectivity index (χ3n) is 8.65. The highest BCUT2D eigenvalue weighted by Gasteiger charge is 2.23. The Bertz CT molecular complexity index is 1660. The van der Waals surface area contributed by atoms with Gasteiger partial charge in [-0.1, -0.05) is 73.9 Å². The molecule has 4 aromatic carbocycles. The molecule has 4 aromatic rings. The molecule has 2 aliphatic carbocycles. The van der Waals surface area contributed by atoms with E-state index in [4.69, 9.17) is 9.84 Å². The Kier molecular flexibility index (Phi) is 8.73. The van der Waals surface area contributed by atoms with Crippen LogP contribution < -0.4 is 15.0 Å². The molecule has 2 aliphatic rings. The SMILES string of the molecule is O=C(O)CCNC(=O)c1ccc(N(Cc2ccc3c(c2)Cc2ccccc2-3)C(=O)Oc2ccc(C3CCCCC3)cc2)cc1. The monoisotopic (exact) mass is 588 g/mol. The van der Waals surface area contributed by atoms with Gasteiger partial charge < -0.3 is 15.2 Å². The molecule has 0 aliphatic heterocycles. The van der Waals surface area contributed by atoms with Gasteiger partial charge in [0.2, 0.25) is 0 Å². The minimum absolute atomic E-state index is 0.0378. The first kappa shape index (κ1) is 29.2. The Morgan fingerprint density at radius 3 is 2.30 bits per heavy atom. The Hall–Kier alpha value is -4.91. The second kappa shape index (κ2) is 13.2. The van der Waals surface area contributed by atoms with E-state index in [9.17, 15) is 14.4 Å². The Morgan fingerprint density at radius 2 is 1.55 bits per heavy atom. The molecule has 1 fully saturated rings. The highest BCUT2D eigenvalue weighted by atomic mass is 16.6. The number of benzene rings is 4. The van der Waals surface area contributed by atoms with E-state index >= 15 is 0 Å². The van der Waals surface area contributed by atoms with Crippen LogP contribution in [0.4, 0.5) is 10.5 Å². The third kappa shape index (κ3) is 6.67. The van der Waals surface area contributed by atoms with Crippen molar-refractivity contribution < 1.29 is 24.2 Å². The summed E-state index contributed by atoms with van der Waals surface area (Å²) in [6.45, 7) is 0.322. The fraction of sp³-hybridized carbons (Fsp3) is 0.270. The molecule has 6 rings (SSSR count). The maximum Gasteiger partial charge on any atom is 0.420 e. The number of aliphatic carboxylic acids is 1. The van der Waals surface area contributed by atoms with Gasteiger partial charge in [-0.3, -0.25) is 14.5 Å². The molecule has 2 amide bonds. The number of hydrogen-bond donors (Lipinski definition) is 2. The lowest BCUT2D eigenvalue weighted by Gasteiger charge is -2.24. The van der Waals surface area contributed by atoms with Crippen LogP contribution in [0.25, 0.3) is 11.1 Å². The number of nitrogens with zero attached hydrogens (tertiary/aromatic N) is 1. The van der Waals surface area contributed by atoms with Gasteiger partial charge in [0.05, 0.1) is 13.0 Å². The maximum atomic E-state index is 13.7. The zero-order valence-corrected chi connectivity index (χ0v) is 24.6. The first-order chi connectivity index (χ1) is 21.4. The predicted molar refractivity (Wildman–Crippen MR) is 170 cm³/mol. The number of hydrogen-bond acceptors (Lipinski definition) is 4. The molecular formula is C37H36N2O5. The average Bonchev–Trinajstić information content (AvgIpc) is 3.42. The predicted octanol–water partition coefficient (Wildman–Crippen LogP) is 7.72. The van der Waals surface area contributed by atoms with Crippen LogP contribution in [0.5, 0.6) is 5.75 Å². The second-order valence-corrected chi connectivity index (χ2v) is 11.6. The van der Waals surface area contributed by atoms with Gasteiger partial charge in [0, 0.05) is 17.8 Å². The van der Waals surface area contributed by atoms with Gasteiger partial charge >= 0.3 is 12.1 Å². The standard InChI is InChI=1S/C37H36N2O5/c40-35(41)20-21-38-36(42)28-11-15-31(16-12-28)39(24-25-10-19-34-30(22-25)23-29-8-4-5-9-33(29)34)37(43)44-32-17-13-27(14-18-32)26-6-2-1-3-7-26/h4-5,8-19,22,26H,1-3,6-7,20-21,23-24H2,(H,38,42)(H,40,41). The van der Waals surface area contributed by atoms with Gasteiger partial charge in [-0.2, -0.15) is 0 Å². The van der Waals surface area contributed by atoms with Crippen molar-refractivity contribution in [3.63, 3.8) is 0 Å². The number of carbonyl (C=O) groups is 3. The van der Waals surface area contributed by atoms with Gasteiger partial charge in [-0.25, -0.2) is 4.79 Å². The molecule has 1 saturated carbocycles. The summed E-state index contributed by atoms with van der Waals surface area (Å²) in [6, 6.07) is 29.3. The average molecular weight is 589 g/mol. The van der Waals surface area contributed by atoms with E-state index in [-0.39, 0.29) is 25.4 Å². The van der Waals surface area contributed by atoms with E-state index in [0.29, 0.717) is 22.9 Å². The number of amides is 2. The van der Waals surface area contributed by atoms with Gasteiger partial charge in [0.1, 0.15) is 5.75 Å². The number of fused-ring (bicyclic) bond motifs is 3. The van der Waals surface area contributed by atoms with Crippen LogP contribution in [0.3, 0.4) is 0 Å². The molecule has 0 atom stereocenters. The molecule has 0 aromatic heterocycles. The summed E-state index contributed by atoms with van der Waals surface area (Å²) in [4.78, 5) is 38.6. The molecule has 0 unspecified atom stereocenters. The van der Waals surface area contributed by atoms with Crippen LogP contribution in [0, 0.1) is 0 Å². The smallest absolute Gasteiger partial charge is 0.420 e. The summed E-state index contributed by atoms with van der Waals surface area (Å²) < 4.78 is 5.89. The number of carboxylic acids is 1.